The molecule has 1 atom stereocenters. The van der Waals surface area contributed by atoms with E-state index in [1.165, 1.54) is 12.8 Å². The Bertz CT molecular complexity index is 740. The fourth-order valence-electron chi connectivity index (χ4n) is 3.97. The van der Waals surface area contributed by atoms with Crippen molar-refractivity contribution in [3.05, 3.63) is 54.1 Å². The number of hydrogen-bond acceptors (Lipinski definition) is 4. The van der Waals surface area contributed by atoms with Gasteiger partial charge in [0.05, 0.1) is 31.9 Å². The van der Waals surface area contributed by atoms with Gasteiger partial charge in [-0.2, -0.15) is 0 Å². The van der Waals surface area contributed by atoms with Crippen molar-refractivity contribution in [1.82, 2.24) is 14.5 Å². The fourth-order valence-corrected chi connectivity index (χ4v) is 3.97. The smallest absolute Gasteiger partial charge is 0.249 e. The largest absolute Gasteiger partial charge is 0.375 e. The van der Waals surface area contributed by atoms with Crippen LogP contribution in [0.5, 0.6) is 0 Å². The van der Waals surface area contributed by atoms with Crippen LogP contribution >= 0.6 is 0 Å². The Morgan fingerprint density at radius 1 is 1.19 bits per heavy atom. The van der Waals surface area contributed by atoms with Crippen LogP contribution in [0.4, 0.5) is 0 Å². The molecule has 2 aliphatic rings. The molecule has 1 saturated carbocycles. The van der Waals surface area contributed by atoms with Crippen molar-refractivity contribution in [1.29, 1.82) is 0 Å². The third-order valence-corrected chi connectivity index (χ3v) is 5.47. The van der Waals surface area contributed by atoms with Crippen molar-refractivity contribution >= 4 is 5.91 Å². The molecule has 3 heterocycles. The van der Waals surface area contributed by atoms with Crippen LogP contribution in [-0.2, 0) is 27.4 Å². The molecule has 6 nitrogen and oxygen atoms in total. The van der Waals surface area contributed by atoms with E-state index in [0.29, 0.717) is 26.3 Å². The molecule has 0 radical (unpaired) electrons. The van der Waals surface area contributed by atoms with Gasteiger partial charge in [0.25, 0.3) is 0 Å². The van der Waals surface area contributed by atoms with Crippen LogP contribution in [0.2, 0.25) is 0 Å². The first kappa shape index (κ1) is 18.2. The zero-order chi connectivity index (χ0) is 18.5. The number of ether oxygens (including phenoxy) is 2. The van der Waals surface area contributed by atoms with Gasteiger partial charge < -0.3 is 18.9 Å². The van der Waals surface area contributed by atoms with Crippen molar-refractivity contribution in [2.45, 2.75) is 51.0 Å². The second-order valence-electron chi connectivity index (χ2n) is 7.42. The Labute approximate surface area is 160 Å². The molecule has 0 unspecified atom stereocenters. The summed E-state index contributed by atoms with van der Waals surface area (Å²) in [5, 5.41) is 0. The quantitative estimate of drug-likeness (QED) is 0.753. The summed E-state index contributed by atoms with van der Waals surface area (Å²) in [6, 6.07) is 8.15. The number of carbonyl (C=O) groups is 1. The maximum atomic E-state index is 12.7. The second-order valence-corrected chi connectivity index (χ2v) is 7.42. The van der Waals surface area contributed by atoms with E-state index in [1.54, 1.807) is 12.4 Å². The van der Waals surface area contributed by atoms with Crippen molar-refractivity contribution in [2.75, 3.05) is 19.8 Å². The predicted octanol–water partition coefficient (Wildman–Crippen LogP) is 2.94. The zero-order valence-corrected chi connectivity index (χ0v) is 15.6. The normalized spacial score (nSPS) is 20.0. The molecular formula is C21H27N3O3. The number of fused-ring (bicyclic) bond motifs is 1. The lowest BCUT2D eigenvalue weighted by Crippen LogP contribution is -2.43. The summed E-state index contributed by atoms with van der Waals surface area (Å²) in [5.41, 5.74) is 2.25. The first-order valence-electron chi connectivity index (χ1n) is 9.81. The number of carbonyl (C=O) groups excluding carboxylic acids is 1. The zero-order valence-electron chi connectivity index (χ0n) is 15.6. The molecule has 27 heavy (non-hydrogen) atoms. The molecule has 0 N–H and O–H groups in total. The highest BCUT2D eigenvalue weighted by atomic mass is 16.5. The molecule has 1 fully saturated rings. The Kier molecular flexibility index (Phi) is 5.84. The number of hydrogen-bond donors (Lipinski definition) is 0. The van der Waals surface area contributed by atoms with Gasteiger partial charge in [0.1, 0.15) is 6.61 Å². The molecule has 2 aromatic rings. The number of amides is 1. The fraction of sp³-hybridized carbons (Fsp3) is 0.524. The van der Waals surface area contributed by atoms with Crippen LogP contribution in [0, 0.1) is 0 Å². The van der Waals surface area contributed by atoms with E-state index in [4.69, 9.17) is 9.47 Å². The van der Waals surface area contributed by atoms with Gasteiger partial charge in [-0.05, 0) is 42.7 Å². The first-order valence-corrected chi connectivity index (χ1v) is 9.81. The summed E-state index contributed by atoms with van der Waals surface area (Å²) >= 11 is 0. The van der Waals surface area contributed by atoms with Gasteiger partial charge in [0, 0.05) is 30.8 Å². The average Bonchev–Trinajstić information content (AvgIpc) is 3.38. The second kappa shape index (κ2) is 8.67. The summed E-state index contributed by atoms with van der Waals surface area (Å²) in [4.78, 5) is 18.6. The van der Waals surface area contributed by atoms with Gasteiger partial charge in [-0.25, -0.2) is 0 Å². The average molecular weight is 369 g/mol. The highest BCUT2D eigenvalue weighted by Gasteiger charge is 2.28. The summed E-state index contributed by atoms with van der Waals surface area (Å²) in [5.74, 6) is 0.0773. The molecular weight excluding hydrogens is 342 g/mol. The number of nitrogens with zero attached hydrogens (tertiary/aromatic N) is 3. The van der Waals surface area contributed by atoms with E-state index in [0.717, 1.165) is 24.1 Å². The number of pyridine rings is 1. The molecule has 144 valence electrons. The Hall–Kier alpha value is -2.18. The third kappa shape index (κ3) is 4.57. The van der Waals surface area contributed by atoms with Gasteiger partial charge in [-0.15, -0.1) is 0 Å². The lowest BCUT2D eigenvalue weighted by Gasteiger charge is -2.35. The Morgan fingerprint density at radius 3 is 2.81 bits per heavy atom. The highest BCUT2D eigenvalue weighted by molar-refractivity contribution is 5.77. The summed E-state index contributed by atoms with van der Waals surface area (Å²) < 4.78 is 14.0. The molecule has 1 aliphatic carbocycles. The van der Waals surface area contributed by atoms with Gasteiger partial charge in [-0.1, -0.05) is 12.8 Å². The van der Waals surface area contributed by atoms with E-state index in [1.807, 2.05) is 23.1 Å². The predicted molar refractivity (Wildman–Crippen MR) is 101 cm³/mol. The SMILES string of the molecule is O=C(COC1CCCC1)N1Cc2cccn2[C@@H](COCc2ccncc2)C1. The van der Waals surface area contributed by atoms with Crippen molar-refractivity contribution in [3.63, 3.8) is 0 Å². The van der Waals surface area contributed by atoms with E-state index >= 15 is 0 Å². The maximum absolute atomic E-state index is 12.7. The summed E-state index contributed by atoms with van der Waals surface area (Å²) in [7, 11) is 0. The lowest BCUT2D eigenvalue weighted by atomic mass is 10.2. The topological polar surface area (TPSA) is 56.6 Å². The Balaban J connectivity index is 1.33. The van der Waals surface area contributed by atoms with Crippen molar-refractivity contribution in [3.8, 4) is 0 Å². The molecule has 1 aliphatic heterocycles. The minimum Gasteiger partial charge on any atom is -0.375 e. The van der Waals surface area contributed by atoms with Crippen molar-refractivity contribution < 1.29 is 14.3 Å². The van der Waals surface area contributed by atoms with Crippen LogP contribution in [-0.4, -0.2) is 46.2 Å². The lowest BCUT2D eigenvalue weighted by molar-refractivity contribution is -0.140. The van der Waals surface area contributed by atoms with Crippen LogP contribution in [0.3, 0.4) is 0 Å². The summed E-state index contributed by atoms with van der Waals surface area (Å²) in [6.07, 6.45) is 10.5. The maximum Gasteiger partial charge on any atom is 0.249 e. The molecule has 4 rings (SSSR count). The molecule has 0 spiro atoms. The van der Waals surface area contributed by atoms with Crippen LogP contribution in [0.1, 0.15) is 43.0 Å². The molecule has 0 aromatic carbocycles. The van der Waals surface area contributed by atoms with Crippen LogP contribution in [0.25, 0.3) is 0 Å². The first-order chi connectivity index (χ1) is 13.3. The number of rotatable bonds is 7. The van der Waals surface area contributed by atoms with Gasteiger partial charge in [0.2, 0.25) is 5.91 Å². The minimum absolute atomic E-state index is 0.0773. The van der Waals surface area contributed by atoms with Gasteiger partial charge >= 0.3 is 0 Å². The van der Waals surface area contributed by atoms with Crippen LogP contribution < -0.4 is 0 Å². The van der Waals surface area contributed by atoms with E-state index < -0.39 is 0 Å². The molecule has 2 aromatic heterocycles. The van der Waals surface area contributed by atoms with Crippen LogP contribution in [0.15, 0.2) is 42.9 Å². The van der Waals surface area contributed by atoms with Crippen molar-refractivity contribution in [2.24, 2.45) is 0 Å². The van der Waals surface area contributed by atoms with E-state index in [-0.39, 0.29) is 24.7 Å². The van der Waals surface area contributed by atoms with E-state index in [9.17, 15) is 4.79 Å². The molecule has 1 amide bonds. The molecule has 6 heteroatoms. The third-order valence-electron chi connectivity index (χ3n) is 5.47. The summed E-state index contributed by atoms with van der Waals surface area (Å²) in [6.45, 7) is 2.60. The van der Waals surface area contributed by atoms with Gasteiger partial charge in [-0.3, -0.25) is 9.78 Å². The highest BCUT2D eigenvalue weighted by Crippen LogP contribution is 2.24. The molecule has 0 bridgehead atoms. The molecule has 0 saturated heterocycles. The monoisotopic (exact) mass is 369 g/mol. The Morgan fingerprint density at radius 2 is 2.00 bits per heavy atom. The number of aromatic nitrogens is 2. The standard InChI is InChI=1S/C21H27N3O3/c25-21(16-27-20-5-1-2-6-20)23-12-18-4-3-11-24(18)19(13-23)15-26-14-17-7-9-22-10-8-17/h3-4,7-11,19-20H,1-2,5-6,12-16H2/t19-/m1/s1. The van der Waals surface area contributed by atoms with Gasteiger partial charge in [0.15, 0.2) is 0 Å². The van der Waals surface area contributed by atoms with E-state index in [2.05, 4.69) is 21.8 Å². The minimum atomic E-state index is 0.0773.